The number of esters is 1. The molecule has 2 unspecified atom stereocenters. The van der Waals surface area contributed by atoms with Crippen molar-refractivity contribution in [3.8, 4) is 0 Å². The Kier molecular flexibility index (Phi) is 71.4. The van der Waals surface area contributed by atoms with E-state index >= 15 is 0 Å². The molecule has 0 saturated heterocycles. The van der Waals surface area contributed by atoms with E-state index in [9.17, 15) is 19.8 Å². The Morgan fingerprint density at radius 1 is 0.337 bits per heavy atom. The topological polar surface area (TPSA) is 95.9 Å². The second kappa shape index (κ2) is 72.8. The summed E-state index contributed by atoms with van der Waals surface area (Å²) in [7, 11) is 0. The average Bonchev–Trinajstić information content (AvgIpc) is 3.49. The standard InChI is InChI=1S/C77H149NO5/c1-3-5-7-9-11-13-15-17-19-20-38-42-45-49-53-57-61-65-69-75(80)74(73-79)78-76(81)70-66-62-58-54-50-46-43-39-36-34-32-30-28-26-24-22-21-23-25-27-29-31-33-35-37-40-44-48-52-56-60-64-68-72-83-77(82)71-67-63-59-55-51-47-41-18-16-14-12-10-8-6-4-2/h25,27,31,33,74-75,79-80H,3-24,26,28-30,32,34-73H2,1-2H3,(H,78,81)/b27-25-,33-31-. The van der Waals surface area contributed by atoms with Crippen molar-refractivity contribution in [1.82, 2.24) is 5.32 Å². The van der Waals surface area contributed by atoms with E-state index in [1.807, 2.05) is 0 Å². The third kappa shape index (κ3) is 69.3. The zero-order chi connectivity index (χ0) is 59.9. The van der Waals surface area contributed by atoms with Crippen molar-refractivity contribution in [3.63, 3.8) is 0 Å². The van der Waals surface area contributed by atoms with Crippen molar-refractivity contribution >= 4 is 11.9 Å². The number of unbranched alkanes of at least 4 members (excludes halogenated alkanes) is 57. The summed E-state index contributed by atoms with van der Waals surface area (Å²) in [6.07, 6.45) is 92.5. The van der Waals surface area contributed by atoms with Gasteiger partial charge in [0, 0.05) is 12.8 Å². The molecule has 1 amide bonds. The highest BCUT2D eigenvalue weighted by atomic mass is 16.5. The van der Waals surface area contributed by atoms with Gasteiger partial charge in [-0.2, -0.15) is 0 Å². The van der Waals surface area contributed by atoms with Gasteiger partial charge < -0.3 is 20.3 Å². The Morgan fingerprint density at radius 2 is 0.602 bits per heavy atom. The largest absolute Gasteiger partial charge is 0.466 e. The molecule has 0 fully saturated rings. The molecule has 0 aromatic carbocycles. The number of hydrogen-bond donors (Lipinski definition) is 3. The Balaban J connectivity index is 3.37. The molecule has 492 valence electrons. The SMILES string of the molecule is CCCCCCCCCCCCCCCCCCCCC(O)C(CO)NC(=O)CCCCCCCCCCCCCCCCCCC/C=C\C/C=C\CCCCCCCCCCCOC(=O)CCCCCCCCCCCCCCCCC. The molecular formula is C77H149NO5. The molecule has 0 saturated carbocycles. The first-order valence-corrected chi connectivity index (χ1v) is 38.1. The molecule has 0 aromatic rings. The molecule has 0 rings (SSSR count). The molecule has 0 bridgehead atoms. The van der Waals surface area contributed by atoms with Gasteiger partial charge in [-0.3, -0.25) is 9.59 Å². The van der Waals surface area contributed by atoms with E-state index in [0.29, 0.717) is 25.9 Å². The third-order valence-corrected chi connectivity index (χ3v) is 18.0. The van der Waals surface area contributed by atoms with Crippen molar-refractivity contribution in [2.24, 2.45) is 0 Å². The van der Waals surface area contributed by atoms with Gasteiger partial charge >= 0.3 is 5.97 Å². The second-order valence-electron chi connectivity index (χ2n) is 26.3. The number of ether oxygens (including phenoxy) is 1. The minimum atomic E-state index is -0.663. The first kappa shape index (κ1) is 81.3. The van der Waals surface area contributed by atoms with Crippen LogP contribution in [0.3, 0.4) is 0 Å². The van der Waals surface area contributed by atoms with Gasteiger partial charge in [-0.25, -0.2) is 0 Å². The molecule has 0 aliphatic heterocycles. The fourth-order valence-electron chi connectivity index (χ4n) is 12.2. The molecule has 6 nitrogen and oxygen atoms in total. The van der Waals surface area contributed by atoms with Crippen LogP contribution in [0.15, 0.2) is 24.3 Å². The summed E-state index contributed by atoms with van der Waals surface area (Å²) >= 11 is 0. The van der Waals surface area contributed by atoms with Gasteiger partial charge in [0.15, 0.2) is 0 Å². The number of carbonyl (C=O) groups is 2. The average molecular weight is 1170 g/mol. The molecule has 0 heterocycles. The number of amides is 1. The number of nitrogens with one attached hydrogen (secondary N) is 1. The van der Waals surface area contributed by atoms with Crippen LogP contribution in [0.1, 0.15) is 431 Å². The van der Waals surface area contributed by atoms with E-state index in [4.69, 9.17) is 4.74 Å². The van der Waals surface area contributed by atoms with Crippen LogP contribution in [-0.2, 0) is 14.3 Å². The van der Waals surface area contributed by atoms with Crippen LogP contribution in [0.2, 0.25) is 0 Å². The zero-order valence-corrected chi connectivity index (χ0v) is 56.5. The van der Waals surface area contributed by atoms with E-state index in [2.05, 4.69) is 43.5 Å². The Bertz CT molecular complexity index is 1300. The summed E-state index contributed by atoms with van der Waals surface area (Å²) < 4.78 is 5.50. The van der Waals surface area contributed by atoms with Gasteiger partial charge in [0.25, 0.3) is 0 Å². The fraction of sp³-hybridized carbons (Fsp3) is 0.922. The van der Waals surface area contributed by atoms with Crippen LogP contribution in [-0.4, -0.2) is 47.4 Å². The Hall–Kier alpha value is -1.66. The maximum absolute atomic E-state index is 12.5. The van der Waals surface area contributed by atoms with E-state index < -0.39 is 12.1 Å². The Labute approximate surface area is 520 Å². The van der Waals surface area contributed by atoms with Crippen molar-refractivity contribution in [1.29, 1.82) is 0 Å². The highest BCUT2D eigenvalue weighted by Crippen LogP contribution is 2.20. The summed E-state index contributed by atoms with van der Waals surface area (Å²) in [5.41, 5.74) is 0. The number of rotatable bonds is 72. The van der Waals surface area contributed by atoms with E-state index in [-0.39, 0.29) is 18.5 Å². The lowest BCUT2D eigenvalue weighted by Crippen LogP contribution is -2.45. The maximum Gasteiger partial charge on any atom is 0.305 e. The van der Waals surface area contributed by atoms with Crippen molar-refractivity contribution < 1.29 is 24.5 Å². The molecule has 2 atom stereocenters. The molecule has 0 radical (unpaired) electrons. The lowest BCUT2D eigenvalue weighted by atomic mass is 10.0. The van der Waals surface area contributed by atoms with Crippen LogP contribution >= 0.6 is 0 Å². The first-order valence-electron chi connectivity index (χ1n) is 38.1. The molecule has 0 aliphatic carbocycles. The number of aliphatic hydroxyl groups is 2. The summed E-state index contributed by atoms with van der Waals surface area (Å²) in [4.78, 5) is 24.6. The van der Waals surface area contributed by atoms with Crippen LogP contribution in [0.25, 0.3) is 0 Å². The lowest BCUT2D eigenvalue weighted by Gasteiger charge is -2.22. The van der Waals surface area contributed by atoms with Crippen LogP contribution in [0.4, 0.5) is 0 Å². The predicted molar refractivity (Wildman–Crippen MR) is 366 cm³/mol. The monoisotopic (exact) mass is 1170 g/mol. The summed E-state index contributed by atoms with van der Waals surface area (Å²) in [6.45, 7) is 5.00. The maximum atomic E-state index is 12.5. The lowest BCUT2D eigenvalue weighted by molar-refractivity contribution is -0.143. The summed E-state index contributed by atoms with van der Waals surface area (Å²) in [5.74, 6) is -0.0108. The van der Waals surface area contributed by atoms with Gasteiger partial charge in [-0.15, -0.1) is 0 Å². The summed E-state index contributed by atoms with van der Waals surface area (Å²) in [5, 5.41) is 23.4. The van der Waals surface area contributed by atoms with E-state index in [1.54, 1.807) is 0 Å². The zero-order valence-electron chi connectivity index (χ0n) is 56.5. The minimum absolute atomic E-state index is 0.0180. The van der Waals surface area contributed by atoms with Crippen molar-refractivity contribution in [2.45, 2.75) is 443 Å². The third-order valence-electron chi connectivity index (χ3n) is 18.0. The normalized spacial score (nSPS) is 12.6. The van der Waals surface area contributed by atoms with E-state index in [0.717, 1.165) is 44.9 Å². The molecular weight excluding hydrogens is 1020 g/mol. The number of allylic oxidation sites excluding steroid dienone is 4. The van der Waals surface area contributed by atoms with Crippen LogP contribution in [0.5, 0.6) is 0 Å². The molecule has 0 aliphatic rings. The number of carbonyl (C=O) groups excluding carboxylic acids is 2. The van der Waals surface area contributed by atoms with Crippen molar-refractivity contribution in [2.75, 3.05) is 13.2 Å². The number of hydrogen-bond acceptors (Lipinski definition) is 5. The van der Waals surface area contributed by atoms with E-state index in [1.165, 1.54) is 353 Å². The van der Waals surface area contributed by atoms with Crippen LogP contribution < -0.4 is 5.32 Å². The molecule has 83 heavy (non-hydrogen) atoms. The molecule has 3 N–H and O–H groups in total. The predicted octanol–water partition coefficient (Wildman–Crippen LogP) is 24.9. The van der Waals surface area contributed by atoms with Gasteiger partial charge in [0.1, 0.15) is 0 Å². The number of aliphatic hydroxyl groups excluding tert-OH is 2. The minimum Gasteiger partial charge on any atom is -0.466 e. The second-order valence-corrected chi connectivity index (χ2v) is 26.3. The first-order chi connectivity index (χ1) is 41.0. The molecule has 0 aromatic heterocycles. The summed E-state index contributed by atoms with van der Waals surface area (Å²) in [6, 6.07) is -0.540. The molecule has 6 heteroatoms. The Morgan fingerprint density at radius 3 is 0.916 bits per heavy atom. The van der Waals surface area contributed by atoms with Gasteiger partial charge in [-0.1, -0.05) is 385 Å². The van der Waals surface area contributed by atoms with Gasteiger partial charge in [0.2, 0.25) is 5.91 Å². The molecule has 0 spiro atoms. The fourth-order valence-corrected chi connectivity index (χ4v) is 12.2. The van der Waals surface area contributed by atoms with Gasteiger partial charge in [0.05, 0.1) is 25.4 Å². The van der Waals surface area contributed by atoms with Gasteiger partial charge in [-0.05, 0) is 57.8 Å². The van der Waals surface area contributed by atoms with Crippen LogP contribution in [0, 0.1) is 0 Å². The smallest absolute Gasteiger partial charge is 0.305 e. The van der Waals surface area contributed by atoms with Crippen molar-refractivity contribution in [3.05, 3.63) is 24.3 Å². The quantitative estimate of drug-likeness (QED) is 0.0320. The highest BCUT2D eigenvalue weighted by molar-refractivity contribution is 5.76. The highest BCUT2D eigenvalue weighted by Gasteiger charge is 2.20.